The van der Waals surface area contributed by atoms with Crippen LogP contribution in [-0.2, 0) is 4.79 Å². The van der Waals surface area contributed by atoms with Crippen molar-refractivity contribution >= 4 is 13.2 Å². The van der Waals surface area contributed by atoms with E-state index >= 15 is 0 Å². The van der Waals surface area contributed by atoms with Gasteiger partial charge in [-0.25, -0.2) is 0 Å². The van der Waals surface area contributed by atoms with Gasteiger partial charge in [-0.15, -0.1) is 0 Å². The summed E-state index contributed by atoms with van der Waals surface area (Å²) in [6.45, 7) is 3.75. The van der Waals surface area contributed by atoms with Gasteiger partial charge >= 0.3 is 0 Å². The fraction of sp³-hybridized carbons (Fsp3) is 0.778. The molecular formula is C9H14BN2O. The molecule has 1 radical (unpaired) electrons. The molecule has 1 atom stereocenters. The number of nitriles is 1. The van der Waals surface area contributed by atoms with Crippen molar-refractivity contribution in [3.63, 3.8) is 0 Å². The number of hydrogen-bond acceptors (Lipinski definition) is 2. The first-order valence-corrected chi connectivity index (χ1v) is 4.72. The van der Waals surface area contributed by atoms with Crippen LogP contribution in [0, 0.1) is 11.3 Å². The molecule has 4 heteroatoms. The Hall–Kier alpha value is -0.975. The van der Waals surface area contributed by atoms with Gasteiger partial charge in [-0.05, 0) is 6.42 Å². The molecule has 0 unspecified atom stereocenters. The third kappa shape index (κ3) is 3.10. The number of carbonyl (C=O) groups is 1. The Labute approximate surface area is 80.0 Å². The molecule has 1 amide bonds. The van der Waals surface area contributed by atoms with Gasteiger partial charge in [-0.1, -0.05) is 19.1 Å². The molecule has 0 bridgehead atoms. The van der Waals surface area contributed by atoms with Gasteiger partial charge in [0.25, 0.3) is 0 Å². The van der Waals surface area contributed by atoms with Crippen molar-refractivity contribution in [3.05, 3.63) is 0 Å². The van der Waals surface area contributed by atoms with E-state index in [2.05, 4.69) is 14.2 Å². The third-order valence-corrected chi connectivity index (χ3v) is 2.41. The number of nitrogens with zero attached hydrogens (tertiary/aromatic N) is 2. The molecule has 1 rings (SSSR count). The molecule has 0 spiro atoms. The Balaban J connectivity index is 2.42. The highest BCUT2D eigenvalue weighted by Gasteiger charge is 2.18. The molecule has 3 nitrogen and oxygen atoms in total. The smallest absolute Gasteiger partial charge is 0.236 e. The SMILES string of the molecule is C[C@@H]1[B]CCN(C(=O)CC#N)CC1. The normalized spacial score (nSPS) is 22.8. The Morgan fingerprint density at radius 1 is 1.69 bits per heavy atom. The molecule has 0 saturated carbocycles. The summed E-state index contributed by atoms with van der Waals surface area (Å²) in [5.74, 6) is 0.574. The minimum absolute atomic E-state index is 0.0222. The summed E-state index contributed by atoms with van der Waals surface area (Å²) in [4.78, 5) is 13.1. The van der Waals surface area contributed by atoms with E-state index in [1.54, 1.807) is 4.90 Å². The largest absolute Gasteiger partial charge is 0.343 e. The van der Waals surface area contributed by atoms with Crippen LogP contribution in [0.1, 0.15) is 19.8 Å². The van der Waals surface area contributed by atoms with Gasteiger partial charge in [0.05, 0.1) is 6.07 Å². The lowest BCUT2D eigenvalue weighted by Gasteiger charge is -2.18. The minimum atomic E-state index is -0.0231. The van der Waals surface area contributed by atoms with Crippen LogP contribution >= 0.6 is 0 Å². The van der Waals surface area contributed by atoms with E-state index in [9.17, 15) is 4.79 Å². The Kier molecular flexibility index (Phi) is 3.82. The third-order valence-electron chi connectivity index (χ3n) is 2.41. The average molecular weight is 177 g/mol. The number of carbonyl (C=O) groups excluding carboxylic acids is 1. The topological polar surface area (TPSA) is 44.1 Å². The Bertz CT molecular complexity index is 224. The quantitative estimate of drug-likeness (QED) is 0.562. The summed E-state index contributed by atoms with van der Waals surface area (Å²) >= 11 is 0. The molecular weight excluding hydrogens is 163 g/mol. The lowest BCUT2D eigenvalue weighted by molar-refractivity contribution is -0.129. The highest BCUT2D eigenvalue weighted by atomic mass is 16.2. The van der Waals surface area contributed by atoms with E-state index in [0.717, 1.165) is 25.8 Å². The van der Waals surface area contributed by atoms with Crippen molar-refractivity contribution in [1.29, 1.82) is 5.26 Å². The van der Waals surface area contributed by atoms with E-state index in [4.69, 9.17) is 5.26 Å². The maximum Gasteiger partial charge on any atom is 0.236 e. The predicted octanol–water partition coefficient (Wildman–Crippen LogP) is 1.06. The molecule has 1 heterocycles. The van der Waals surface area contributed by atoms with Gasteiger partial charge in [0.15, 0.2) is 0 Å². The van der Waals surface area contributed by atoms with Crippen molar-refractivity contribution < 1.29 is 4.79 Å². The first-order valence-electron chi connectivity index (χ1n) is 4.72. The van der Waals surface area contributed by atoms with Gasteiger partial charge in [-0.3, -0.25) is 4.79 Å². The van der Waals surface area contributed by atoms with Crippen molar-refractivity contribution in [2.24, 2.45) is 0 Å². The highest BCUT2D eigenvalue weighted by molar-refractivity contribution is 6.37. The van der Waals surface area contributed by atoms with Crippen molar-refractivity contribution in [2.75, 3.05) is 13.1 Å². The van der Waals surface area contributed by atoms with E-state index in [1.807, 2.05) is 6.07 Å². The lowest BCUT2D eigenvalue weighted by atomic mass is 9.62. The van der Waals surface area contributed by atoms with Crippen molar-refractivity contribution in [3.8, 4) is 6.07 Å². The molecule has 0 N–H and O–H groups in total. The molecule has 1 fully saturated rings. The van der Waals surface area contributed by atoms with Crippen LogP contribution in [0.5, 0.6) is 0 Å². The second-order valence-electron chi connectivity index (χ2n) is 3.51. The fourth-order valence-electron chi connectivity index (χ4n) is 1.53. The van der Waals surface area contributed by atoms with Gasteiger partial charge in [0, 0.05) is 13.1 Å². The van der Waals surface area contributed by atoms with Crippen LogP contribution in [-0.4, -0.2) is 31.2 Å². The molecule has 1 aliphatic heterocycles. The van der Waals surface area contributed by atoms with E-state index in [-0.39, 0.29) is 12.3 Å². The molecule has 0 aromatic carbocycles. The lowest BCUT2D eigenvalue weighted by Crippen LogP contribution is -2.31. The summed E-state index contributed by atoms with van der Waals surface area (Å²) < 4.78 is 0. The van der Waals surface area contributed by atoms with Crippen LogP contribution in [0.25, 0.3) is 0 Å². The maximum atomic E-state index is 11.3. The van der Waals surface area contributed by atoms with E-state index < -0.39 is 0 Å². The second kappa shape index (κ2) is 4.91. The highest BCUT2D eigenvalue weighted by Crippen LogP contribution is 2.15. The molecule has 0 aromatic rings. The summed E-state index contributed by atoms with van der Waals surface area (Å²) in [6.07, 6.45) is 2.00. The van der Waals surface area contributed by atoms with Crippen LogP contribution in [0.3, 0.4) is 0 Å². The number of amides is 1. The summed E-state index contributed by atoms with van der Waals surface area (Å²) in [6, 6.07) is 1.89. The standard InChI is InChI=1S/C9H14BN2O/c1-8-3-6-12(7-4-10-8)9(13)2-5-11/h8H,2-4,6-7H2,1H3/t8-/m0/s1. The first-order chi connectivity index (χ1) is 6.24. The number of hydrogen-bond donors (Lipinski definition) is 0. The maximum absolute atomic E-state index is 11.3. The zero-order valence-corrected chi connectivity index (χ0v) is 7.99. The van der Waals surface area contributed by atoms with Crippen LogP contribution in [0.2, 0.25) is 12.1 Å². The molecule has 69 valence electrons. The number of rotatable bonds is 1. The second-order valence-corrected chi connectivity index (χ2v) is 3.51. The van der Waals surface area contributed by atoms with Crippen molar-refractivity contribution in [2.45, 2.75) is 31.9 Å². The zero-order valence-electron chi connectivity index (χ0n) is 7.99. The van der Waals surface area contributed by atoms with Gasteiger partial charge in [-0.2, -0.15) is 5.26 Å². The molecule has 13 heavy (non-hydrogen) atoms. The predicted molar refractivity (Wildman–Crippen MR) is 51.4 cm³/mol. The molecule has 0 aromatic heterocycles. The van der Waals surface area contributed by atoms with Crippen LogP contribution in [0.4, 0.5) is 0 Å². The van der Waals surface area contributed by atoms with E-state index in [1.165, 1.54) is 0 Å². The summed E-state index contributed by atoms with van der Waals surface area (Å²) in [5, 5.41) is 8.38. The van der Waals surface area contributed by atoms with Crippen LogP contribution < -0.4 is 0 Å². The minimum Gasteiger partial charge on any atom is -0.343 e. The van der Waals surface area contributed by atoms with Crippen LogP contribution in [0.15, 0.2) is 0 Å². The molecule has 0 aliphatic carbocycles. The molecule has 1 saturated heterocycles. The van der Waals surface area contributed by atoms with E-state index in [0.29, 0.717) is 5.82 Å². The average Bonchev–Trinajstić information content (AvgIpc) is 2.30. The monoisotopic (exact) mass is 177 g/mol. The summed E-state index contributed by atoms with van der Waals surface area (Å²) in [7, 11) is 2.25. The first kappa shape index (κ1) is 10.1. The Morgan fingerprint density at radius 3 is 3.15 bits per heavy atom. The van der Waals surface area contributed by atoms with Crippen molar-refractivity contribution in [1.82, 2.24) is 4.90 Å². The summed E-state index contributed by atoms with van der Waals surface area (Å²) in [5.41, 5.74) is 0. The van der Waals surface area contributed by atoms with Gasteiger partial charge in [0.1, 0.15) is 13.7 Å². The fourth-order valence-corrected chi connectivity index (χ4v) is 1.53. The van der Waals surface area contributed by atoms with Gasteiger partial charge in [0.2, 0.25) is 5.91 Å². The van der Waals surface area contributed by atoms with Gasteiger partial charge < -0.3 is 4.90 Å². The zero-order chi connectivity index (χ0) is 9.68. The Morgan fingerprint density at radius 2 is 2.46 bits per heavy atom. The molecule has 1 aliphatic rings.